The van der Waals surface area contributed by atoms with E-state index in [2.05, 4.69) is 15.6 Å². The molecule has 0 fully saturated rings. The van der Waals surface area contributed by atoms with Gasteiger partial charge in [-0.25, -0.2) is 4.98 Å². The molecule has 2 aromatic carbocycles. The Morgan fingerprint density at radius 1 is 1.07 bits per heavy atom. The Morgan fingerprint density at radius 2 is 1.82 bits per heavy atom. The molecule has 0 spiro atoms. The predicted molar refractivity (Wildman–Crippen MR) is 106 cm³/mol. The lowest BCUT2D eigenvalue weighted by Gasteiger charge is -2.12. The quantitative estimate of drug-likeness (QED) is 0.679. The van der Waals surface area contributed by atoms with Gasteiger partial charge in [0.05, 0.1) is 30.6 Å². The molecular weight excluding hydrogens is 358 g/mol. The molecule has 0 saturated carbocycles. The molecule has 0 aliphatic carbocycles. The number of amides is 2. The minimum absolute atomic E-state index is 0.0406. The Hall–Kier alpha value is -3.61. The van der Waals surface area contributed by atoms with E-state index in [0.29, 0.717) is 34.5 Å². The number of nitrogens with zero attached hydrogens (tertiary/aromatic N) is 1. The summed E-state index contributed by atoms with van der Waals surface area (Å²) >= 11 is 0. The number of hydrogen-bond acceptors (Lipinski definition) is 5. The number of rotatable bonds is 6. The Morgan fingerprint density at radius 3 is 2.50 bits per heavy atom. The third-order valence-electron chi connectivity index (χ3n) is 4.05. The maximum Gasteiger partial charge on any atom is 0.230 e. The van der Waals surface area contributed by atoms with Crippen LogP contribution in [0.1, 0.15) is 18.4 Å². The van der Waals surface area contributed by atoms with Crippen molar-refractivity contribution in [3.05, 3.63) is 60.0 Å². The number of ether oxygens (including phenoxy) is 1. The van der Waals surface area contributed by atoms with E-state index in [1.54, 1.807) is 25.1 Å². The summed E-state index contributed by atoms with van der Waals surface area (Å²) in [6.07, 6.45) is 0.0406. The first-order chi connectivity index (χ1) is 13.5. The molecule has 1 aromatic heterocycles. The third kappa shape index (κ3) is 4.56. The van der Waals surface area contributed by atoms with Crippen LogP contribution < -0.4 is 15.4 Å². The molecule has 3 aromatic rings. The van der Waals surface area contributed by atoms with E-state index >= 15 is 0 Å². The van der Waals surface area contributed by atoms with Gasteiger partial charge in [-0.2, -0.15) is 0 Å². The number of hydrogen-bond donors (Lipinski definition) is 2. The lowest BCUT2D eigenvalue weighted by Crippen LogP contribution is -2.17. The monoisotopic (exact) mass is 379 g/mol. The van der Waals surface area contributed by atoms with Crippen LogP contribution in [0.4, 0.5) is 11.4 Å². The maximum absolute atomic E-state index is 12.6. The van der Waals surface area contributed by atoms with Crippen molar-refractivity contribution in [2.75, 3.05) is 17.7 Å². The summed E-state index contributed by atoms with van der Waals surface area (Å²) in [6, 6.07) is 14.5. The molecule has 7 nitrogen and oxygen atoms in total. The number of nitrogens with one attached hydrogen (secondary N) is 2. The SMILES string of the molecule is COc1ccc(NC(C)=O)c(NC(=O)Cc2nc(-c3ccccc3)oc2C)c1. The molecule has 3 rings (SSSR count). The fourth-order valence-electron chi connectivity index (χ4n) is 2.70. The molecule has 0 unspecified atom stereocenters. The third-order valence-corrected chi connectivity index (χ3v) is 4.05. The molecule has 0 aliphatic rings. The molecule has 0 radical (unpaired) electrons. The zero-order valence-corrected chi connectivity index (χ0v) is 15.9. The Balaban J connectivity index is 1.78. The lowest BCUT2D eigenvalue weighted by atomic mass is 10.2. The highest BCUT2D eigenvalue weighted by molar-refractivity contribution is 5.99. The van der Waals surface area contributed by atoms with Crippen LogP contribution in [0.5, 0.6) is 5.75 Å². The van der Waals surface area contributed by atoms with E-state index in [1.807, 2.05) is 30.3 Å². The summed E-state index contributed by atoms with van der Waals surface area (Å²) in [4.78, 5) is 28.4. The number of methoxy groups -OCH3 is 1. The van der Waals surface area contributed by atoms with E-state index in [9.17, 15) is 9.59 Å². The smallest absolute Gasteiger partial charge is 0.230 e. The minimum Gasteiger partial charge on any atom is -0.497 e. The van der Waals surface area contributed by atoms with Crippen LogP contribution in [0.2, 0.25) is 0 Å². The average Bonchev–Trinajstić information content (AvgIpc) is 3.04. The molecule has 0 atom stereocenters. The number of carbonyl (C=O) groups excluding carboxylic acids is 2. The van der Waals surface area contributed by atoms with Gasteiger partial charge in [-0.3, -0.25) is 9.59 Å². The number of benzene rings is 2. The highest BCUT2D eigenvalue weighted by atomic mass is 16.5. The number of aryl methyl sites for hydroxylation is 1. The maximum atomic E-state index is 12.6. The first-order valence-corrected chi connectivity index (χ1v) is 8.73. The Labute approximate surface area is 162 Å². The van der Waals surface area contributed by atoms with E-state index in [1.165, 1.54) is 14.0 Å². The molecule has 0 saturated heterocycles. The van der Waals surface area contributed by atoms with Gasteiger partial charge in [-0.05, 0) is 31.2 Å². The van der Waals surface area contributed by atoms with Crippen molar-refractivity contribution in [2.24, 2.45) is 0 Å². The van der Waals surface area contributed by atoms with Crippen LogP contribution in [0.3, 0.4) is 0 Å². The molecule has 2 N–H and O–H groups in total. The van der Waals surface area contributed by atoms with Crippen molar-refractivity contribution in [3.8, 4) is 17.2 Å². The number of anilines is 2. The second-order valence-corrected chi connectivity index (χ2v) is 6.21. The van der Waals surface area contributed by atoms with Gasteiger partial charge in [0.15, 0.2) is 0 Å². The molecule has 1 heterocycles. The summed E-state index contributed by atoms with van der Waals surface area (Å²) in [5.41, 5.74) is 2.34. The zero-order chi connectivity index (χ0) is 20.1. The van der Waals surface area contributed by atoms with Crippen LogP contribution in [0.25, 0.3) is 11.5 Å². The number of carbonyl (C=O) groups is 2. The van der Waals surface area contributed by atoms with Crippen molar-refractivity contribution in [1.82, 2.24) is 4.98 Å². The highest BCUT2D eigenvalue weighted by Crippen LogP contribution is 2.28. The van der Waals surface area contributed by atoms with Gasteiger partial charge >= 0.3 is 0 Å². The topological polar surface area (TPSA) is 93.5 Å². The van der Waals surface area contributed by atoms with Crippen molar-refractivity contribution < 1.29 is 18.7 Å². The summed E-state index contributed by atoms with van der Waals surface area (Å²) < 4.78 is 10.9. The van der Waals surface area contributed by atoms with Gasteiger partial charge in [-0.15, -0.1) is 0 Å². The average molecular weight is 379 g/mol. The van der Waals surface area contributed by atoms with Crippen LogP contribution in [-0.2, 0) is 16.0 Å². The fourth-order valence-corrected chi connectivity index (χ4v) is 2.70. The Bertz CT molecular complexity index is 996. The van der Waals surface area contributed by atoms with E-state index < -0.39 is 0 Å². The molecular formula is C21H21N3O4. The second kappa shape index (κ2) is 8.39. The summed E-state index contributed by atoms with van der Waals surface area (Å²) in [5, 5.41) is 5.49. The zero-order valence-electron chi connectivity index (χ0n) is 15.9. The molecule has 7 heteroatoms. The molecule has 2 amide bonds. The van der Waals surface area contributed by atoms with Gasteiger partial charge in [0.1, 0.15) is 11.5 Å². The van der Waals surface area contributed by atoms with Crippen molar-refractivity contribution in [3.63, 3.8) is 0 Å². The van der Waals surface area contributed by atoms with Crippen LogP contribution >= 0.6 is 0 Å². The van der Waals surface area contributed by atoms with Crippen molar-refractivity contribution in [1.29, 1.82) is 0 Å². The summed E-state index contributed by atoms with van der Waals surface area (Å²) in [7, 11) is 1.53. The van der Waals surface area contributed by atoms with E-state index in [4.69, 9.17) is 9.15 Å². The van der Waals surface area contributed by atoms with Gasteiger partial charge in [0.2, 0.25) is 17.7 Å². The largest absolute Gasteiger partial charge is 0.497 e. The highest BCUT2D eigenvalue weighted by Gasteiger charge is 2.16. The van der Waals surface area contributed by atoms with Gasteiger partial charge in [-0.1, -0.05) is 18.2 Å². The molecule has 0 bridgehead atoms. The summed E-state index contributed by atoms with van der Waals surface area (Å²) in [6.45, 7) is 3.18. The van der Waals surface area contributed by atoms with Crippen molar-refractivity contribution >= 4 is 23.2 Å². The van der Waals surface area contributed by atoms with Crippen LogP contribution in [-0.4, -0.2) is 23.9 Å². The minimum atomic E-state index is -0.282. The Kier molecular flexibility index (Phi) is 5.74. The number of oxazole rings is 1. The standard InChI is InChI=1S/C21H21N3O4/c1-13-18(24-21(28-13)15-7-5-4-6-8-15)12-20(26)23-19-11-16(27-3)9-10-17(19)22-14(2)25/h4-11H,12H2,1-3H3,(H,22,25)(H,23,26). The number of aromatic nitrogens is 1. The predicted octanol–water partition coefficient (Wildman–Crippen LogP) is 3.80. The molecule has 144 valence electrons. The normalized spacial score (nSPS) is 10.4. The second-order valence-electron chi connectivity index (χ2n) is 6.21. The van der Waals surface area contributed by atoms with Gasteiger partial charge in [0, 0.05) is 18.6 Å². The lowest BCUT2D eigenvalue weighted by molar-refractivity contribution is -0.116. The van der Waals surface area contributed by atoms with Crippen molar-refractivity contribution in [2.45, 2.75) is 20.3 Å². The van der Waals surface area contributed by atoms with Gasteiger partial charge < -0.3 is 19.8 Å². The first-order valence-electron chi connectivity index (χ1n) is 8.73. The van der Waals surface area contributed by atoms with E-state index in [0.717, 1.165) is 5.56 Å². The van der Waals surface area contributed by atoms with Crippen LogP contribution in [0.15, 0.2) is 52.9 Å². The molecule has 0 aliphatic heterocycles. The first kappa shape index (κ1) is 19.2. The van der Waals surface area contributed by atoms with Crippen LogP contribution in [0, 0.1) is 6.92 Å². The van der Waals surface area contributed by atoms with E-state index in [-0.39, 0.29) is 18.2 Å². The molecule has 28 heavy (non-hydrogen) atoms. The fraction of sp³-hybridized carbons (Fsp3) is 0.190. The van der Waals surface area contributed by atoms with Gasteiger partial charge in [0.25, 0.3) is 0 Å². The summed E-state index contributed by atoms with van der Waals surface area (Å²) in [5.74, 6) is 1.10.